The van der Waals surface area contributed by atoms with Crippen molar-refractivity contribution in [3.63, 3.8) is 0 Å². The molecular weight excluding hydrogens is 388 g/mol. The van der Waals surface area contributed by atoms with Crippen molar-refractivity contribution >= 4 is 40.5 Å². The molecule has 0 bridgehead atoms. The summed E-state index contributed by atoms with van der Waals surface area (Å²) in [6.07, 6.45) is -0.979. The number of ether oxygens (including phenoxy) is 1. The van der Waals surface area contributed by atoms with Crippen molar-refractivity contribution in [1.29, 1.82) is 0 Å². The highest BCUT2D eigenvalue weighted by Crippen LogP contribution is 2.16. The monoisotopic (exact) mass is 408 g/mol. The van der Waals surface area contributed by atoms with Gasteiger partial charge in [-0.1, -0.05) is 29.8 Å². The van der Waals surface area contributed by atoms with Gasteiger partial charge in [0.15, 0.2) is 6.10 Å². The van der Waals surface area contributed by atoms with E-state index in [2.05, 4.69) is 10.6 Å². The van der Waals surface area contributed by atoms with Gasteiger partial charge in [0, 0.05) is 11.4 Å². The Kier molecular flexibility index (Phi) is 6.41. The third-order valence-corrected chi connectivity index (χ3v) is 4.94. The van der Waals surface area contributed by atoms with Crippen LogP contribution in [0, 0.1) is 6.92 Å². The van der Waals surface area contributed by atoms with E-state index in [0.29, 0.717) is 16.3 Å². The molecule has 148 valence electrons. The summed E-state index contributed by atoms with van der Waals surface area (Å²) in [5.74, 6) is -1.33. The van der Waals surface area contributed by atoms with E-state index in [4.69, 9.17) is 4.74 Å². The fraction of sp³-hybridized carbons (Fsp3) is 0.136. The average molecular weight is 408 g/mol. The van der Waals surface area contributed by atoms with Crippen LogP contribution in [0.15, 0.2) is 66.0 Å². The number of hydrogen-bond donors (Lipinski definition) is 2. The minimum atomic E-state index is -0.979. The SMILES string of the molecule is Cc1ccc(NC(=O)[C@H](C)OC(=O)c2cccc(NC(=O)c3cccs3)c2)cc1. The fourth-order valence-electron chi connectivity index (χ4n) is 2.49. The number of aryl methyl sites for hydroxylation is 1. The van der Waals surface area contributed by atoms with Gasteiger partial charge in [0.2, 0.25) is 0 Å². The molecule has 1 heterocycles. The number of benzene rings is 2. The zero-order valence-electron chi connectivity index (χ0n) is 16.0. The van der Waals surface area contributed by atoms with Crippen molar-refractivity contribution in [3.8, 4) is 0 Å². The topological polar surface area (TPSA) is 84.5 Å². The summed E-state index contributed by atoms with van der Waals surface area (Å²) >= 11 is 1.33. The Hall–Kier alpha value is -3.45. The Morgan fingerprint density at radius 3 is 2.38 bits per heavy atom. The maximum Gasteiger partial charge on any atom is 0.338 e. The molecule has 0 aliphatic rings. The predicted octanol–water partition coefficient (Wildman–Crippen LogP) is 4.49. The molecular formula is C22H20N2O4S. The molecule has 7 heteroatoms. The van der Waals surface area contributed by atoms with E-state index in [0.717, 1.165) is 5.56 Å². The number of nitrogens with one attached hydrogen (secondary N) is 2. The van der Waals surface area contributed by atoms with Gasteiger partial charge in [-0.3, -0.25) is 9.59 Å². The normalized spacial score (nSPS) is 11.4. The van der Waals surface area contributed by atoms with Gasteiger partial charge in [-0.05, 0) is 55.6 Å². The van der Waals surface area contributed by atoms with Crippen LogP contribution in [0.3, 0.4) is 0 Å². The summed E-state index contributed by atoms with van der Waals surface area (Å²) in [5.41, 5.74) is 2.41. The van der Waals surface area contributed by atoms with Gasteiger partial charge >= 0.3 is 5.97 Å². The van der Waals surface area contributed by atoms with Crippen molar-refractivity contribution in [1.82, 2.24) is 0 Å². The first kappa shape index (κ1) is 20.3. The van der Waals surface area contributed by atoms with Gasteiger partial charge in [-0.15, -0.1) is 11.3 Å². The summed E-state index contributed by atoms with van der Waals surface area (Å²) in [4.78, 5) is 37.4. The first-order chi connectivity index (χ1) is 13.9. The number of rotatable bonds is 6. The van der Waals surface area contributed by atoms with Crippen LogP contribution in [0.2, 0.25) is 0 Å². The molecule has 0 unspecified atom stereocenters. The lowest BCUT2D eigenvalue weighted by Gasteiger charge is -2.14. The van der Waals surface area contributed by atoms with Crippen LogP contribution in [0.5, 0.6) is 0 Å². The highest BCUT2D eigenvalue weighted by Gasteiger charge is 2.19. The van der Waals surface area contributed by atoms with Crippen molar-refractivity contribution in [3.05, 3.63) is 82.0 Å². The zero-order valence-corrected chi connectivity index (χ0v) is 16.8. The fourth-order valence-corrected chi connectivity index (χ4v) is 3.11. The van der Waals surface area contributed by atoms with Gasteiger partial charge in [-0.2, -0.15) is 0 Å². The molecule has 3 aromatic rings. The van der Waals surface area contributed by atoms with Crippen LogP contribution in [0.25, 0.3) is 0 Å². The Labute approximate surface area is 172 Å². The lowest BCUT2D eigenvalue weighted by atomic mass is 10.2. The van der Waals surface area contributed by atoms with E-state index in [1.165, 1.54) is 24.3 Å². The van der Waals surface area contributed by atoms with Gasteiger partial charge in [-0.25, -0.2) is 4.79 Å². The molecule has 0 spiro atoms. The summed E-state index contributed by atoms with van der Waals surface area (Å²) in [5, 5.41) is 7.26. The number of carbonyl (C=O) groups is 3. The summed E-state index contributed by atoms with van der Waals surface area (Å²) in [6.45, 7) is 3.46. The minimum absolute atomic E-state index is 0.240. The molecule has 0 aliphatic carbocycles. The minimum Gasteiger partial charge on any atom is -0.449 e. The molecule has 2 N–H and O–H groups in total. The average Bonchev–Trinajstić information content (AvgIpc) is 3.25. The Morgan fingerprint density at radius 1 is 0.931 bits per heavy atom. The first-order valence-corrected chi connectivity index (χ1v) is 9.84. The van der Waals surface area contributed by atoms with Crippen molar-refractivity contribution in [2.75, 3.05) is 10.6 Å². The number of amides is 2. The molecule has 2 amide bonds. The van der Waals surface area contributed by atoms with Gasteiger partial charge < -0.3 is 15.4 Å². The highest BCUT2D eigenvalue weighted by molar-refractivity contribution is 7.12. The van der Waals surface area contributed by atoms with Crippen LogP contribution < -0.4 is 10.6 Å². The predicted molar refractivity (Wildman–Crippen MR) is 113 cm³/mol. The number of esters is 1. The molecule has 1 atom stereocenters. The van der Waals surface area contributed by atoms with Crippen LogP contribution in [0.4, 0.5) is 11.4 Å². The number of thiophene rings is 1. The van der Waals surface area contributed by atoms with Crippen molar-refractivity contribution in [2.45, 2.75) is 20.0 Å². The van der Waals surface area contributed by atoms with E-state index in [9.17, 15) is 14.4 Å². The molecule has 2 aromatic carbocycles. The van der Waals surface area contributed by atoms with Crippen LogP contribution >= 0.6 is 11.3 Å². The quantitative estimate of drug-likeness (QED) is 0.589. The summed E-state index contributed by atoms with van der Waals surface area (Å²) in [7, 11) is 0. The number of carbonyl (C=O) groups excluding carboxylic acids is 3. The second-order valence-corrected chi connectivity index (χ2v) is 7.36. The Bertz CT molecular complexity index is 1010. The molecule has 0 aliphatic heterocycles. The second kappa shape index (κ2) is 9.16. The van der Waals surface area contributed by atoms with Gasteiger partial charge in [0.1, 0.15) is 0 Å². The van der Waals surface area contributed by atoms with Gasteiger partial charge in [0.25, 0.3) is 11.8 Å². The third kappa shape index (κ3) is 5.52. The van der Waals surface area contributed by atoms with Crippen molar-refractivity contribution in [2.24, 2.45) is 0 Å². The Balaban J connectivity index is 1.60. The number of anilines is 2. The second-order valence-electron chi connectivity index (χ2n) is 6.42. The first-order valence-electron chi connectivity index (χ1n) is 8.96. The van der Waals surface area contributed by atoms with E-state index < -0.39 is 18.0 Å². The van der Waals surface area contributed by atoms with Gasteiger partial charge in [0.05, 0.1) is 10.4 Å². The molecule has 3 rings (SSSR count). The zero-order chi connectivity index (χ0) is 20.8. The summed E-state index contributed by atoms with van der Waals surface area (Å²) in [6, 6.07) is 17.2. The standard InChI is InChI=1S/C22H20N2O4S/c1-14-8-10-17(11-9-14)23-20(25)15(2)28-22(27)16-5-3-6-18(13-16)24-21(26)19-7-4-12-29-19/h3-13,15H,1-2H3,(H,23,25)(H,24,26)/t15-/m0/s1. The Morgan fingerprint density at radius 2 is 1.69 bits per heavy atom. The highest BCUT2D eigenvalue weighted by atomic mass is 32.1. The molecule has 29 heavy (non-hydrogen) atoms. The van der Waals surface area contributed by atoms with E-state index >= 15 is 0 Å². The molecule has 6 nitrogen and oxygen atoms in total. The molecule has 0 saturated heterocycles. The third-order valence-electron chi connectivity index (χ3n) is 4.07. The van der Waals surface area contributed by atoms with Crippen molar-refractivity contribution < 1.29 is 19.1 Å². The van der Waals surface area contributed by atoms with Crippen LogP contribution in [-0.4, -0.2) is 23.9 Å². The largest absolute Gasteiger partial charge is 0.449 e. The molecule has 0 radical (unpaired) electrons. The lowest BCUT2D eigenvalue weighted by Crippen LogP contribution is -2.30. The van der Waals surface area contributed by atoms with Crippen LogP contribution in [-0.2, 0) is 9.53 Å². The molecule has 0 saturated carbocycles. The van der Waals surface area contributed by atoms with E-state index in [-0.39, 0.29) is 11.5 Å². The summed E-state index contributed by atoms with van der Waals surface area (Å²) < 4.78 is 5.26. The van der Waals surface area contributed by atoms with E-state index in [1.54, 1.807) is 42.5 Å². The maximum absolute atomic E-state index is 12.4. The van der Waals surface area contributed by atoms with Crippen LogP contribution in [0.1, 0.15) is 32.5 Å². The van der Waals surface area contributed by atoms with E-state index in [1.807, 2.05) is 24.4 Å². The smallest absolute Gasteiger partial charge is 0.338 e. The molecule has 1 aromatic heterocycles. The number of hydrogen-bond acceptors (Lipinski definition) is 5. The lowest BCUT2D eigenvalue weighted by molar-refractivity contribution is -0.123. The molecule has 0 fully saturated rings. The maximum atomic E-state index is 12.4.